The molecule has 9 nitrogen and oxygen atoms in total. The molecule has 0 atom stereocenters. The maximum atomic E-state index is 12.6. The number of carbonyl (C=O) groups is 1. The first-order valence-corrected chi connectivity index (χ1v) is 11.4. The zero-order valence-electron chi connectivity index (χ0n) is 14.7. The maximum Gasteiger partial charge on any atom is 0.243 e. The van der Waals surface area contributed by atoms with Crippen LogP contribution in [0.5, 0.6) is 0 Å². The van der Waals surface area contributed by atoms with Crippen LogP contribution in [0.4, 0.5) is 5.69 Å². The Kier molecular flexibility index (Phi) is 6.61. The average Bonchev–Trinajstić information content (AvgIpc) is 2.60. The molecule has 1 heterocycles. The fourth-order valence-electron chi connectivity index (χ4n) is 2.50. The quantitative estimate of drug-likeness (QED) is 0.661. The Morgan fingerprint density at radius 3 is 2.23 bits per heavy atom. The number of nitrogens with one attached hydrogen (secondary N) is 1. The van der Waals surface area contributed by atoms with Crippen LogP contribution in [0.25, 0.3) is 0 Å². The molecule has 26 heavy (non-hydrogen) atoms. The molecule has 0 aromatic heterocycles. The summed E-state index contributed by atoms with van der Waals surface area (Å²) in [6, 6.07) is 5.45. The highest BCUT2D eigenvalue weighted by molar-refractivity contribution is 7.92. The van der Waals surface area contributed by atoms with Gasteiger partial charge in [-0.25, -0.2) is 16.8 Å². The van der Waals surface area contributed by atoms with Crippen molar-refractivity contribution < 1.29 is 26.4 Å². The van der Waals surface area contributed by atoms with Gasteiger partial charge in [0, 0.05) is 19.6 Å². The number of hydrogen-bond donors (Lipinski definition) is 1. The Balaban J connectivity index is 2.26. The van der Waals surface area contributed by atoms with Crippen LogP contribution in [-0.2, 0) is 29.6 Å². The third-order valence-electron chi connectivity index (χ3n) is 3.79. The van der Waals surface area contributed by atoms with E-state index in [0.29, 0.717) is 19.8 Å². The molecule has 1 aromatic rings. The molecular weight excluding hydrogens is 382 g/mol. The van der Waals surface area contributed by atoms with Gasteiger partial charge in [-0.2, -0.15) is 4.31 Å². The number of likely N-dealkylation sites (N-methyl/N-ethyl adjacent to an activating group) is 1. The Morgan fingerprint density at radius 1 is 1.15 bits per heavy atom. The van der Waals surface area contributed by atoms with Crippen LogP contribution >= 0.6 is 0 Å². The molecule has 1 amide bonds. The molecule has 2 rings (SSSR count). The van der Waals surface area contributed by atoms with Crippen molar-refractivity contribution in [3.05, 3.63) is 24.3 Å². The SMILES string of the molecule is CCNC(=O)CN(c1ccc(S(=O)(=O)N2CCOCC2)cc1)S(C)(=O)=O. The van der Waals surface area contributed by atoms with E-state index in [4.69, 9.17) is 4.74 Å². The van der Waals surface area contributed by atoms with Crippen molar-refractivity contribution in [2.75, 3.05) is 50.0 Å². The van der Waals surface area contributed by atoms with E-state index in [9.17, 15) is 21.6 Å². The average molecular weight is 405 g/mol. The first kappa shape index (κ1) is 20.6. The minimum absolute atomic E-state index is 0.0645. The standard InChI is InChI=1S/C15H23N3O6S2/c1-3-16-15(19)12-18(25(2,20)21)13-4-6-14(7-5-13)26(22,23)17-8-10-24-11-9-17/h4-7H,3,8-12H2,1-2H3,(H,16,19). The second kappa shape index (κ2) is 8.33. The summed E-state index contributed by atoms with van der Waals surface area (Å²) < 4.78 is 56.6. The molecule has 1 fully saturated rings. The van der Waals surface area contributed by atoms with E-state index in [1.54, 1.807) is 6.92 Å². The van der Waals surface area contributed by atoms with E-state index >= 15 is 0 Å². The third-order valence-corrected chi connectivity index (χ3v) is 6.85. The summed E-state index contributed by atoms with van der Waals surface area (Å²) in [5.74, 6) is -0.442. The van der Waals surface area contributed by atoms with Crippen molar-refractivity contribution in [3.63, 3.8) is 0 Å². The Bertz CT molecular complexity index is 831. The highest BCUT2D eigenvalue weighted by atomic mass is 32.2. The highest BCUT2D eigenvalue weighted by Crippen LogP contribution is 2.23. The van der Waals surface area contributed by atoms with Gasteiger partial charge in [-0.05, 0) is 31.2 Å². The summed E-state index contributed by atoms with van der Waals surface area (Å²) in [5.41, 5.74) is 0.222. The van der Waals surface area contributed by atoms with Crippen molar-refractivity contribution in [2.45, 2.75) is 11.8 Å². The smallest absolute Gasteiger partial charge is 0.243 e. The molecule has 0 bridgehead atoms. The number of carbonyl (C=O) groups excluding carboxylic acids is 1. The summed E-state index contributed by atoms with van der Waals surface area (Å²) in [5, 5.41) is 2.54. The molecule has 1 aliphatic rings. The molecule has 0 spiro atoms. The third kappa shape index (κ3) is 4.93. The molecule has 1 aromatic carbocycles. The van der Waals surface area contributed by atoms with Gasteiger partial charge in [0.2, 0.25) is 26.0 Å². The van der Waals surface area contributed by atoms with Crippen molar-refractivity contribution >= 4 is 31.6 Å². The maximum absolute atomic E-state index is 12.6. The molecule has 0 radical (unpaired) electrons. The molecule has 146 valence electrons. The van der Waals surface area contributed by atoms with Gasteiger partial charge < -0.3 is 10.1 Å². The first-order valence-electron chi connectivity index (χ1n) is 8.08. The van der Waals surface area contributed by atoms with Crippen molar-refractivity contribution in [1.82, 2.24) is 9.62 Å². The second-order valence-corrected chi connectivity index (χ2v) is 9.58. The van der Waals surface area contributed by atoms with Crippen molar-refractivity contribution in [1.29, 1.82) is 0 Å². The molecular formula is C15H23N3O6S2. The van der Waals surface area contributed by atoms with Crippen LogP contribution in [0, 0.1) is 0 Å². The number of anilines is 1. The summed E-state index contributed by atoms with van der Waals surface area (Å²) in [7, 11) is -7.37. The first-order chi connectivity index (χ1) is 12.2. The predicted molar refractivity (Wildman–Crippen MR) is 96.9 cm³/mol. The number of ether oxygens (including phenoxy) is 1. The predicted octanol–water partition coefficient (Wildman–Crippen LogP) is -0.390. The van der Waals surface area contributed by atoms with Crippen LogP contribution in [0.3, 0.4) is 0 Å². The summed E-state index contributed by atoms with van der Waals surface area (Å²) in [6.45, 7) is 2.97. The van der Waals surface area contributed by atoms with Crippen LogP contribution in [0.1, 0.15) is 6.92 Å². The van der Waals surface area contributed by atoms with E-state index < -0.39 is 26.0 Å². The lowest BCUT2D eigenvalue weighted by atomic mass is 10.3. The van der Waals surface area contributed by atoms with Gasteiger partial charge in [0.05, 0.1) is 30.1 Å². The molecule has 11 heteroatoms. The number of amides is 1. The molecule has 0 saturated carbocycles. The zero-order valence-corrected chi connectivity index (χ0v) is 16.3. The van der Waals surface area contributed by atoms with Crippen LogP contribution < -0.4 is 9.62 Å². The molecule has 1 saturated heterocycles. The largest absolute Gasteiger partial charge is 0.379 e. The summed E-state index contributed by atoms with van der Waals surface area (Å²) in [4.78, 5) is 11.8. The van der Waals surface area contributed by atoms with E-state index in [1.165, 1.54) is 28.6 Å². The van der Waals surface area contributed by atoms with Gasteiger partial charge in [-0.15, -0.1) is 0 Å². The number of hydrogen-bond acceptors (Lipinski definition) is 6. The summed E-state index contributed by atoms with van der Waals surface area (Å²) in [6.07, 6.45) is 0.991. The Hall–Kier alpha value is -1.69. The highest BCUT2D eigenvalue weighted by Gasteiger charge is 2.27. The zero-order chi connectivity index (χ0) is 19.4. The van der Waals surface area contributed by atoms with Crippen molar-refractivity contribution in [2.24, 2.45) is 0 Å². The van der Waals surface area contributed by atoms with Gasteiger partial charge >= 0.3 is 0 Å². The van der Waals surface area contributed by atoms with Gasteiger partial charge in [0.1, 0.15) is 6.54 Å². The number of rotatable bonds is 7. The molecule has 0 unspecified atom stereocenters. The number of morpholine rings is 1. The van der Waals surface area contributed by atoms with Crippen LogP contribution in [0.15, 0.2) is 29.2 Å². The van der Waals surface area contributed by atoms with E-state index in [0.717, 1.165) is 10.6 Å². The lowest BCUT2D eigenvalue weighted by Crippen LogP contribution is -2.41. The number of sulfonamides is 2. The van der Waals surface area contributed by atoms with Gasteiger partial charge in [-0.3, -0.25) is 9.10 Å². The fraction of sp³-hybridized carbons (Fsp3) is 0.533. The fourth-order valence-corrected chi connectivity index (χ4v) is 4.77. The Morgan fingerprint density at radius 2 is 1.73 bits per heavy atom. The van der Waals surface area contributed by atoms with Crippen LogP contribution in [-0.4, -0.2) is 72.7 Å². The van der Waals surface area contributed by atoms with E-state index in [1.807, 2.05) is 0 Å². The molecule has 1 N–H and O–H groups in total. The summed E-state index contributed by atoms with van der Waals surface area (Å²) >= 11 is 0. The lowest BCUT2D eigenvalue weighted by molar-refractivity contribution is -0.119. The second-order valence-electron chi connectivity index (χ2n) is 5.73. The molecule has 0 aliphatic carbocycles. The Labute approximate surface area is 154 Å². The van der Waals surface area contributed by atoms with Gasteiger partial charge in [0.25, 0.3) is 0 Å². The van der Waals surface area contributed by atoms with Crippen LogP contribution in [0.2, 0.25) is 0 Å². The van der Waals surface area contributed by atoms with Crippen molar-refractivity contribution in [3.8, 4) is 0 Å². The normalized spacial score (nSPS) is 16.2. The monoisotopic (exact) mass is 405 g/mol. The minimum atomic E-state index is -3.70. The minimum Gasteiger partial charge on any atom is -0.379 e. The van der Waals surface area contributed by atoms with Gasteiger partial charge in [0.15, 0.2) is 0 Å². The number of benzene rings is 1. The molecule has 1 aliphatic heterocycles. The lowest BCUT2D eigenvalue weighted by Gasteiger charge is -2.26. The number of nitrogens with zero attached hydrogens (tertiary/aromatic N) is 2. The van der Waals surface area contributed by atoms with E-state index in [-0.39, 0.29) is 30.2 Å². The van der Waals surface area contributed by atoms with E-state index in [2.05, 4.69) is 5.32 Å². The topological polar surface area (TPSA) is 113 Å². The van der Waals surface area contributed by atoms with Gasteiger partial charge in [-0.1, -0.05) is 0 Å².